The van der Waals surface area contributed by atoms with Gasteiger partial charge in [0.05, 0.1) is 18.2 Å². The number of halogens is 2. The lowest BCUT2D eigenvalue weighted by Gasteiger charge is -2.20. The highest BCUT2D eigenvalue weighted by Gasteiger charge is 2.19. The SMILES string of the molecule is COc1ccc(CN(C)C(=O)c2cc3ccccc3c3cccnc23)cc1OC(F)F. The summed E-state index contributed by atoms with van der Waals surface area (Å²) in [6, 6.07) is 18.1. The van der Waals surface area contributed by atoms with Crippen molar-refractivity contribution in [1.82, 2.24) is 9.88 Å². The van der Waals surface area contributed by atoms with Crippen LogP contribution in [0.4, 0.5) is 8.78 Å². The van der Waals surface area contributed by atoms with E-state index in [0.29, 0.717) is 16.6 Å². The van der Waals surface area contributed by atoms with Crippen LogP contribution in [-0.4, -0.2) is 36.6 Å². The lowest BCUT2D eigenvalue weighted by atomic mass is 10.00. The maximum Gasteiger partial charge on any atom is 0.387 e. The fourth-order valence-electron chi connectivity index (χ4n) is 3.65. The van der Waals surface area contributed by atoms with Crippen molar-refractivity contribution in [3.63, 3.8) is 0 Å². The second-order valence-corrected chi connectivity index (χ2v) is 7.07. The highest BCUT2D eigenvalue weighted by atomic mass is 19.3. The molecule has 0 aliphatic carbocycles. The van der Waals surface area contributed by atoms with E-state index in [2.05, 4.69) is 9.72 Å². The van der Waals surface area contributed by atoms with E-state index in [9.17, 15) is 13.6 Å². The second-order valence-electron chi connectivity index (χ2n) is 7.07. The predicted octanol–water partition coefficient (Wildman–Crippen LogP) is 5.27. The van der Waals surface area contributed by atoms with Crippen molar-refractivity contribution in [2.45, 2.75) is 13.2 Å². The van der Waals surface area contributed by atoms with Gasteiger partial charge in [0.15, 0.2) is 11.5 Å². The van der Waals surface area contributed by atoms with Crippen molar-refractivity contribution in [2.24, 2.45) is 0 Å². The standard InChI is InChI=1S/C24H20F2N2O3/c1-28(14-15-9-10-20(30-2)21(12-15)31-24(25)26)23(29)19-13-16-6-3-4-7-17(16)18-8-5-11-27-22(18)19/h3-13,24H,14H2,1-2H3. The molecule has 0 bridgehead atoms. The summed E-state index contributed by atoms with van der Waals surface area (Å²) in [5.74, 6) is -0.0991. The molecular formula is C24H20F2N2O3. The molecular weight excluding hydrogens is 402 g/mol. The van der Waals surface area contributed by atoms with Crippen molar-refractivity contribution < 1.29 is 23.0 Å². The van der Waals surface area contributed by atoms with Gasteiger partial charge in [0, 0.05) is 25.2 Å². The first kappa shape index (κ1) is 20.5. The molecule has 7 heteroatoms. The normalized spacial score (nSPS) is 11.1. The van der Waals surface area contributed by atoms with Crippen LogP contribution in [0.5, 0.6) is 11.5 Å². The zero-order valence-electron chi connectivity index (χ0n) is 17.0. The van der Waals surface area contributed by atoms with Gasteiger partial charge in [-0.25, -0.2) is 0 Å². The molecule has 0 atom stereocenters. The van der Waals surface area contributed by atoms with Crippen molar-refractivity contribution in [3.8, 4) is 11.5 Å². The van der Waals surface area contributed by atoms with Crippen LogP contribution in [0.3, 0.4) is 0 Å². The highest BCUT2D eigenvalue weighted by molar-refractivity contribution is 6.15. The number of benzene rings is 3. The first-order chi connectivity index (χ1) is 15.0. The summed E-state index contributed by atoms with van der Waals surface area (Å²) in [5, 5.41) is 2.86. The Kier molecular flexibility index (Phi) is 5.66. The highest BCUT2D eigenvalue weighted by Crippen LogP contribution is 2.31. The van der Waals surface area contributed by atoms with Gasteiger partial charge in [0.25, 0.3) is 5.91 Å². The quantitative estimate of drug-likeness (QED) is 0.397. The Morgan fingerprint density at radius 1 is 1.03 bits per heavy atom. The number of carbonyl (C=O) groups is 1. The number of amides is 1. The third-order valence-electron chi connectivity index (χ3n) is 5.05. The Labute approximate surface area is 177 Å². The minimum absolute atomic E-state index is 0.0753. The Hall–Kier alpha value is -3.74. The van der Waals surface area contributed by atoms with E-state index in [1.165, 1.54) is 18.1 Å². The molecule has 0 fully saturated rings. The fourth-order valence-corrected chi connectivity index (χ4v) is 3.65. The molecule has 0 unspecified atom stereocenters. The monoisotopic (exact) mass is 422 g/mol. The first-order valence-electron chi connectivity index (χ1n) is 9.61. The van der Waals surface area contributed by atoms with E-state index in [-0.39, 0.29) is 24.0 Å². The van der Waals surface area contributed by atoms with Crippen LogP contribution in [0.1, 0.15) is 15.9 Å². The van der Waals surface area contributed by atoms with Crippen LogP contribution in [0.15, 0.2) is 66.9 Å². The van der Waals surface area contributed by atoms with Gasteiger partial charge < -0.3 is 14.4 Å². The minimum atomic E-state index is -2.97. The van der Waals surface area contributed by atoms with Gasteiger partial charge in [-0.3, -0.25) is 9.78 Å². The summed E-state index contributed by atoms with van der Waals surface area (Å²) in [7, 11) is 3.03. The van der Waals surface area contributed by atoms with Crippen LogP contribution < -0.4 is 9.47 Å². The van der Waals surface area contributed by atoms with Crippen molar-refractivity contribution in [1.29, 1.82) is 0 Å². The molecule has 0 aliphatic heterocycles. The number of alkyl halides is 2. The van der Waals surface area contributed by atoms with Crippen LogP contribution in [-0.2, 0) is 6.54 Å². The maximum atomic E-state index is 13.3. The number of carbonyl (C=O) groups excluding carboxylic acids is 1. The number of aromatic nitrogens is 1. The summed E-state index contributed by atoms with van der Waals surface area (Å²) in [5.41, 5.74) is 1.73. The molecule has 0 aliphatic rings. The average molecular weight is 422 g/mol. The molecule has 4 rings (SSSR count). The van der Waals surface area contributed by atoms with Crippen LogP contribution in [0.2, 0.25) is 0 Å². The molecule has 0 radical (unpaired) electrons. The minimum Gasteiger partial charge on any atom is -0.493 e. The molecule has 0 N–H and O–H groups in total. The van der Waals surface area contributed by atoms with Crippen molar-refractivity contribution in [2.75, 3.05) is 14.2 Å². The molecule has 1 amide bonds. The number of fused-ring (bicyclic) bond motifs is 3. The number of hydrogen-bond donors (Lipinski definition) is 0. The molecule has 0 saturated carbocycles. The molecule has 0 saturated heterocycles. The number of methoxy groups -OCH3 is 1. The summed E-state index contributed by atoms with van der Waals surface area (Å²) < 4.78 is 35.0. The van der Waals surface area contributed by atoms with E-state index >= 15 is 0 Å². The van der Waals surface area contributed by atoms with E-state index in [4.69, 9.17) is 4.74 Å². The zero-order chi connectivity index (χ0) is 22.0. The molecule has 3 aromatic carbocycles. The Bertz CT molecular complexity index is 1260. The van der Waals surface area contributed by atoms with Gasteiger partial charge in [-0.15, -0.1) is 0 Å². The average Bonchev–Trinajstić information content (AvgIpc) is 2.78. The van der Waals surface area contributed by atoms with Crippen molar-refractivity contribution >= 4 is 27.6 Å². The smallest absolute Gasteiger partial charge is 0.387 e. The fraction of sp³-hybridized carbons (Fsp3) is 0.167. The van der Waals surface area contributed by atoms with E-state index in [0.717, 1.165) is 16.2 Å². The Morgan fingerprint density at radius 2 is 1.81 bits per heavy atom. The van der Waals surface area contributed by atoms with Crippen LogP contribution in [0, 0.1) is 0 Å². The molecule has 5 nitrogen and oxygen atoms in total. The summed E-state index contributed by atoms with van der Waals surface area (Å²) in [6.45, 7) is -2.78. The Balaban J connectivity index is 1.68. The van der Waals surface area contributed by atoms with Gasteiger partial charge in [-0.1, -0.05) is 36.4 Å². The van der Waals surface area contributed by atoms with E-state index < -0.39 is 6.61 Å². The number of pyridine rings is 1. The zero-order valence-corrected chi connectivity index (χ0v) is 17.0. The first-order valence-corrected chi connectivity index (χ1v) is 9.61. The molecule has 1 heterocycles. The van der Waals surface area contributed by atoms with E-state index in [1.54, 1.807) is 25.4 Å². The molecule has 31 heavy (non-hydrogen) atoms. The molecule has 0 spiro atoms. The number of nitrogens with zero attached hydrogens (tertiary/aromatic N) is 2. The maximum absolute atomic E-state index is 13.3. The van der Waals surface area contributed by atoms with Crippen LogP contribution in [0.25, 0.3) is 21.7 Å². The molecule has 1 aromatic heterocycles. The van der Waals surface area contributed by atoms with Gasteiger partial charge in [-0.2, -0.15) is 8.78 Å². The van der Waals surface area contributed by atoms with Gasteiger partial charge in [0.1, 0.15) is 0 Å². The number of ether oxygens (including phenoxy) is 2. The van der Waals surface area contributed by atoms with Crippen molar-refractivity contribution in [3.05, 3.63) is 78.0 Å². The molecule has 158 valence electrons. The third kappa shape index (κ3) is 4.12. The van der Waals surface area contributed by atoms with E-state index in [1.807, 2.05) is 42.5 Å². The summed E-state index contributed by atoms with van der Waals surface area (Å²) in [6.07, 6.45) is 1.66. The third-order valence-corrected chi connectivity index (χ3v) is 5.05. The predicted molar refractivity (Wildman–Crippen MR) is 115 cm³/mol. The van der Waals surface area contributed by atoms with Crippen LogP contribution >= 0.6 is 0 Å². The second kappa shape index (κ2) is 8.55. The van der Waals surface area contributed by atoms with Gasteiger partial charge in [-0.05, 0) is 40.6 Å². The van der Waals surface area contributed by atoms with Gasteiger partial charge >= 0.3 is 6.61 Å². The Morgan fingerprint density at radius 3 is 2.58 bits per heavy atom. The largest absolute Gasteiger partial charge is 0.493 e. The summed E-state index contributed by atoms with van der Waals surface area (Å²) >= 11 is 0. The van der Waals surface area contributed by atoms with Gasteiger partial charge in [0.2, 0.25) is 0 Å². The topological polar surface area (TPSA) is 51.7 Å². The molecule has 4 aromatic rings. The number of hydrogen-bond acceptors (Lipinski definition) is 4. The lowest BCUT2D eigenvalue weighted by molar-refractivity contribution is -0.0512. The summed E-state index contributed by atoms with van der Waals surface area (Å²) in [4.78, 5) is 19.3. The lowest BCUT2D eigenvalue weighted by Crippen LogP contribution is -2.26. The number of rotatable bonds is 6.